The van der Waals surface area contributed by atoms with E-state index in [1.165, 1.54) is 6.07 Å². The number of halogens is 3. The summed E-state index contributed by atoms with van der Waals surface area (Å²) in [6, 6.07) is 2.04. The van der Waals surface area contributed by atoms with E-state index < -0.39 is 11.6 Å². The number of methoxy groups -OCH3 is 1. The van der Waals surface area contributed by atoms with E-state index in [9.17, 15) is 8.78 Å². The van der Waals surface area contributed by atoms with Crippen molar-refractivity contribution in [2.75, 3.05) is 19.0 Å². The molecule has 0 spiro atoms. The van der Waals surface area contributed by atoms with E-state index in [2.05, 4.69) is 26.2 Å². The Morgan fingerprint density at radius 1 is 1.45 bits per heavy atom. The molecule has 0 amide bonds. The smallest absolute Gasteiger partial charge is 0.207 e. The summed E-state index contributed by atoms with van der Waals surface area (Å²) < 4.78 is 34.0. The van der Waals surface area contributed by atoms with Crippen molar-refractivity contribution in [1.29, 1.82) is 0 Å². The van der Waals surface area contributed by atoms with Crippen LogP contribution in [0.3, 0.4) is 0 Å². The van der Waals surface area contributed by atoms with Crippen molar-refractivity contribution in [1.82, 2.24) is 9.55 Å². The van der Waals surface area contributed by atoms with Gasteiger partial charge in [-0.2, -0.15) is 0 Å². The molecule has 1 aromatic carbocycles. The molecule has 0 aliphatic rings. The zero-order chi connectivity index (χ0) is 14.7. The van der Waals surface area contributed by atoms with Crippen molar-refractivity contribution < 1.29 is 13.5 Å². The second kappa shape index (κ2) is 6.32. The van der Waals surface area contributed by atoms with Crippen molar-refractivity contribution in [2.24, 2.45) is 0 Å². The van der Waals surface area contributed by atoms with Gasteiger partial charge >= 0.3 is 0 Å². The van der Waals surface area contributed by atoms with Gasteiger partial charge in [0.1, 0.15) is 5.82 Å². The van der Waals surface area contributed by atoms with Crippen molar-refractivity contribution in [3.05, 3.63) is 40.6 Å². The Morgan fingerprint density at radius 2 is 2.20 bits per heavy atom. The van der Waals surface area contributed by atoms with Crippen molar-refractivity contribution in [3.63, 3.8) is 0 Å². The Hall–Kier alpha value is -1.47. The highest BCUT2D eigenvalue weighted by Gasteiger charge is 2.14. The lowest BCUT2D eigenvalue weighted by Gasteiger charge is -2.17. The summed E-state index contributed by atoms with van der Waals surface area (Å²) in [5, 5.41) is 2.86. The summed E-state index contributed by atoms with van der Waals surface area (Å²) in [5.41, 5.74) is 0.142. The molecule has 2 aromatic rings. The molecule has 4 nitrogen and oxygen atoms in total. The molecule has 0 radical (unpaired) electrons. The number of hydrogen-bond acceptors (Lipinski definition) is 3. The summed E-state index contributed by atoms with van der Waals surface area (Å²) in [4.78, 5) is 4.13. The first-order valence-corrected chi connectivity index (χ1v) is 6.75. The minimum atomic E-state index is -0.689. The number of hydrogen-bond donors (Lipinski definition) is 1. The Kier molecular flexibility index (Phi) is 4.72. The standard InChI is InChI=1S/C13H14BrF2N3O/c1-8(7-20-2)19-4-3-17-13(19)18-12-10(14)5-9(15)6-11(12)16/h3-6,8H,7H2,1-2H3,(H,17,18). The Morgan fingerprint density at radius 3 is 2.85 bits per heavy atom. The molecule has 0 aliphatic heterocycles. The van der Waals surface area contributed by atoms with E-state index in [1.807, 2.05) is 11.5 Å². The quantitative estimate of drug-likeness (QED) is 0.893. The monoisotopic (exact) mass is 345 g/mol. The normalized spacial score (nSPS) is 12.4. The first-order chi connectivity index (χ1) is 9.52. The maximum absolute atomic E-state index is 13.8. The molecule has 0 fully saturated rings. The highest BCUT2D eigenvalue weighted by Crippen LogP contribution is 2.30. The number of rotatable bonds is 5. The lowest BCUT2D eigenvalue weighted by molar-refractivity contribution is 0.163. The predicted octanol–water partition coefficient (Wildman–Crippen LogP) is 3.87. The van der Waals surface area contributed by atoms with Gasteiger partial charge in [0.2, 0.25) is 5.95 Å². The minimum Gasteiger partial charge on any atom is -0.383 e. The summed E-state index contributed by atoms with van der Waals surface area (Å²) in [5.74, 6) is -0.873. The molecule has 7 heteroatoms. The zero-order valence-electron chi connectivity index (χ0n) is 11.0. The van der Waals surface area contributed by atoms with Gasteiger partial charge < -0.3 is 14.6 Å². The fourth-order valence-corrected chi connectivity index (χ4v) is 2.37. The van der Waals surface area contributed by atoms with Crippen LogP contribution in [0.25, 0.3) is 0 Å². The third-order valence-corrected chi connectivity index (χ3v) is 3.42. The maximum Gasteiger partial charge on any atom is 0.207 e. The Labute approximate surface area is 123 Å². The van der Waals surface area contributed by atoms with E-state index in [1.54, 1.807) is 19.5 Å². The molecule has 108 valence electrons. The molecule has 1 N–H and O–H groups in total. The van der Waals surface area contributed by atoms with Crippen LogP contribution in [0.4, 0.5) is 20.4 Å². The minimum absolute atomic E-state index is 0.0345. The number of nitrogens with zero attached hydrogens (tertiary/aromatic N) is 2. The van der Waals surface area contributed by atoms with E-state index in [0.717, 1.165) is 6.07 Å². The number of nitrogens with one attached hydrogen (secondary N) is 1. The van der Waals surface area contributed by atoms with Crippen LogP contribution in [0.5, 0.6) is 0 Å². The molecular weight excluding hydrogens is 332 g/mol. The number of anilines is 2. The van der Waals surface area contributed by atoms with Gasteiger partial charge in [-0.25, -0.2) is 13.8 Å². The molecule has 0 saturated heterocycles. The van der Waals surface area contributed by atoms with E-state index in [-0.39, 0.29) is 11.7 Å². The third kappa shape index (κ3) is 3.16. The molecule has 20 heavy (non-hydrogen) atoms. The Bertz CT molecular complexity index is 580. The van der Waals surface area contributed by atoms with Crippen LogP contribution in [0, 0.1) is 11.6 Å². The van der Waals surface area contributed by atoms with Gasteiger partial charge in [-0.1, -0.05) is 0 Å². The molecule has 0 saturated carbocycles. The van der Waals surface area contributed by atoms with Crippen LogP contribution in [0.1, 0.15) is 13.0 Å². The van der Waals surface area contributed by atoms with Gasteiger partial charge in [0.05, 0.1) is 18.3 Å². The Balaban J connectivity index is 2.30. The summed E-state index contributed by atoms with van der Waals surface area (Å²) in [6.07, 6.45) is 3.37. The lowest BCUT2D eigenvalue weighted by Crippen LogP contribution is -2.13. The zero-order valence-corrected chi connectivity index (χ0v) is 12.6. The highest BCUT2D eigenvalue weighted by atomic mass is 79.9. The highest BCUT2D eigenvalue weighted by molar-refractivity contribution is 9.10. The van der Waals surface area contributed by atoms with Gasteiger partial charge in [0, 0.05) is 30.0 Å². The first kappa shape index (κ1) is 14.9. The molecule has 0 aliphatic carbocycles. The largest absolute Gasteiger partial charge is 0.383 e. The van der Waals surface area contributed by atoms with Crippen LogP contribution in [0.2, 0.25) is 0 Å². The van der Waals surface area contributed by atoms with E-state index >= 15 is 0 Å². The van der Waals surface area contributed by atoms with Gasteiger partial charge in [-0.3, -0.25) is 0 Å². The van der Waals surface area contributed by atoms with Gasteiger partial charge in [-0.15, -0.1) is 0 Å². The second-order valence-electron chi connectivity index (χ2n) is 4.33. The van der Waals surface area contributed by atoms with Gasteiger partial charge in [0.15, 0.2) is 5.82 Å². The fraction of sp³-hybridized carbons (Fsp3) is 0.308. The SMILES string of the molecule is COCC(C)n1ccnc1Nc1c(F)cc(F)cc1Br. The predicted molar refractivity (Wildman–Crippen MR) is 76.2 cm³/mol. The number of benzene rings is 1. The second-order valence-corrected chi connectivity index (χ2v) is 5.19. The molecule has 1 heterocycles. The molecule has 0 bridgehead atoms. The van der Waals surface area contributed by atoms with E-state index in [4.69, 9.17) is 4.74 Å². The number of aromatic nitrogens is 2. The molecule has 1 aromatic heterocycles. The maximum atomic E-state index is 13.8. The van der Waals surface area contributed by atoms with E-state index in [0.29, 0.717) is 17.0 Å². The van der Waals surface area contributed by atoms with Crippen LogP contribution in [0.15, 0.2) is 29.0 Å². The van der Waals surface area contributed by atoms with Gasteiger partial charge in [0.25, 0.3) is 0 Å². The average Bonchev–Trinajstić information content (AvgIpc) is 2.82. The molecule has 1 atom stereocenters. The summed E-state index contributed by atoms with van der Waals surface area (Å²) in [7, 11) is 1.61. The lowest BCUT2D eigenvalue weighted by atomic mass is 10.3. The van der Waals surface area contributed by atoms with Crippen LogP contribution in [-0.4, -0.2) is 23.3 Å². The fourth-order valence-electron chi connectivity index (χ4n) is 1.86. The van der Waals surface area contributed by atoms with Crippen LogP contribution in [-0.2, 0) is 4.74 Å². The molecule has 2 rings (SSSR count). The third-order valence-electron chi connectivity index (χ3n) is 2.80. The summed E-state index contributed by atoms with van der Waals surface area (Å²) in [6.45, 7) is 2.45. The van der Waals surface area contributed by atoms with Crippen molar-refractivity contribution in [2.45, 2.75) is 13.0 Å². The van der Waals surface area contributed by atoms with Crippen molar-refractivity contribution >= 4 is 27.6 Å². The van der Waals surface area contributed by atoms with Crippen molar-refractivity contribution in [3.8, 4) is 0 Å². The van der Waals surface area contributed by atoms with Crippen LogP contribution < -0.4 is 5.32 Å². The average molecular weight is 346 g/mol. The van der Waals surface area contributed by atoms with Gasteiger partial charge in [-0.05, 0) is 28.9 Å². The topological polar surface area (TPSA) is 39.1 Å². The summed E-state index contributed by atoms with van der Waals surface area (Å²) >= 11 is 3.13. The van der Waals surface area contributed by atoms with Crippen LogP contribution >= 0.6 is 15.9 Å². The molecular formula is C13H14BrF2N3O. The number of ether oxygens (including phenoxy) is 1. The number of imidazole rings is 1. The first-order valence-electron chi connectivity index (χ1n) is 5.96. The molecule has 1 unspecified atom stereocenters.